The van der Waals surface area contributed by atoms with E-state index in [0.717, 1.165) is 10.9 Å². The highest BCUT2D eigenvalue weighted by Crippen LogP contribution is 2.33. The largest absolute Gasteiger partial charge is 0.870 e. The van der Waals surface area contributed by atoms with E-state index < -0.39 is 12.7 Å². The second-order valence-corrected chi connectivity index (χ2v) is 5.42. The normalized spacial score (nSPS) is 11.5. The van der Waals surface area contributed by atoms with E-state index in [1.807, 2.05) is 30.4 Å². The summed E-state index contributed by atoms with van der Waals surface area (Å²) >= 11 is 0. The molecule has 6 heteroatoms. The molecule has 0 radical (unpaired) electrons. The molecule has 3 rings (SSSR count). The van der Waals surface area contributed by atoms with Crippen LogP contribution in [0.4, 0.5) is 18.9 Å². The fraction of sp³-hybridized carbons (Fsp3) is 0.235. The number of alkyl halides is 3. The molecule has 2 N–H and O–H groups in total. The van der Waals surface area contributed by atoms with Crippen LogP contribution in [0.1, 0.15) is 11.1 Å². The standard InChI is InChI=1S/C17H15F3NO.H2O/c1-10-3-5-14-12(7-10)8-13-15(22-14)6-4-11(2)16(13)21-17(19,20)9-18;/h3-8,21H,9H2,1-2H3;1H2/q+1;/p-1. The average molecular weight is 323 g/mol. The number of aryl methyl sites for hydroxylation is 2. The molecule has 0 spiro atoms. The van der Waals surface area contributed by atoms with Crippen LogP contribution in [0.15, 0.2) is 40.8 Å². The molecule has 122 valence electrons. The fourth-order valence-electron chi connectivity index (χ4n) is 2.47. The number of hydrogen-bond acceptors (Lipinski definition) is 2. The maximum Gasteiger partial charge on any atom is 0.362 e. The molecule has 0 aliphatic rings. The van der Waals surface area contributed by atoms with E-state index in [4.69, 9.17) is 4.42 Å². The summed E-state index contributed by atoms with van der Waals surface area (Å²) in [6.45, 7) is 1.86. The molecular formula is C17H16F3NO2. The highest BCUT2D eigenvalue weighted by atomic mass is 19.3. The Labute approximate surface area is 131 Å². The minimum atomic E-state index is -3.61. The molecule has 0 bridgehead atoms. The SMILES string of the molecule is Cc1ccc2[o+]c3ccc(C)c(NC(F)(F)CF)c3cc2c1.[OH-]. The molecule has 0 atom stereocenters. The maximum absolute atomic E-state index is 13.4. The summed E-state index contributed by atoms with van der Waals surface area (Å²) in [5.41, 5.74) is 2.97. The van der Waals surface area contributed by atoms with E-state index in [1.165, 1.54) is 0 Å². The number of nitrogens with one attached hydrogen (secondary N) is 1. The molecule has 0 saturated heterocycles. The van der Waals surface area contributed by atoms with Crippen LogP contribution in [0, 0.1) is 13.8 Å². The summed E-state index contributed by atoms with van der Waals surface area (Å²) in [6.07, 6.45) is 0. The monoisotopic (exact) mass is 323 g/mol. The van der Waals surface area contributed by atoms with Gasteiger partial charge >= 0.3 is 17.2 Å². The lowest BCUT2D eigenvalue weighted by Crippen LogP contribution is -2.30. The fourth-order valence-corrected chi connectivity index (χ4v) is 2.47. The summed E-state index contributed by atoms with van der Waals surface area (Å²) in [4.78, 5) is 0. The van der Waals surface area contributed by atoms with Crippen molar-refractivity contribution in [2.24, 2.45) is 0 Å². The average Bonchev–Trinajstić information content (AvgIpc) is 2.48. The van der Waals surface area contributed by atoms with Crippen molar-refractivity contribution in [3.63, 3.8) is 0 Å². The number of fused-ring (bicyclic) bond motifs is 2. The Morgan fingerprint density at radius 1 is 1.04 bits per heavy atom. The van der Waals surface area contributed by atoms with Crippen LogP contribution in [0.2, 0.25) is 0 Å². The summed E-state index contributed by atoms with van der Waals surface area (Å²) in [6, 6.07) is 7.24. The lowest BCUT2D eigenvalue weighted by atomic mass is 10.1. The van der Waals surface area contributed by atoms with E-state index in [9.17, 15) is 13.2 Å². The zero-order valence-electron chi connectivity index (χ0n) is 12.7. The molecule has 0 fully saturated rings. The number of halogens is 3. The highest BCUT2D eigenvalue weighted by molar-refractivity contribution is 5.98. The Hall–Kier alpha value is -2.34. The second-order valence-electron chi connectivity index (χ2n) is 5.42. The van der Waals surface area contributed by atoms with Crippen LogP contribution >= 0.6 is 0 Å². The van der Waals surface area contributed by atoms with E-state index in [1.54, 1.807) is 25.1 Å². The number of anilines is 1. The molecule has 3 aromatic rings. The summed E-state index contributed by atoms with van der Waals surface area (Å²) < 4.78 is 45.0. The Kier molecular flexibility index (Phi) is 4.47. The molecule has 0 aliphatic carbocycles. The number of benzene rings is 2. The van der Waals surface area contributed by atoms with Gasteiger partial charge < -0.3 is 10.8 Å². The first kappa shape index (κ1) is 17.0. The van der Waals surface area contributed by atoms with Crippen molar-refractivity contribution in [1.29, 1.82) is 0 Å². The number of hydrogen-bond donors (Lipinski definition) is 1. The molecule has 0 unspecified atom stereocenters. The van der Waals surface area contributed by atoms with Gasteiger partial charge in [0.25, 0.3) is 0 Å². The third-order valence-corrected chi connectivity index (χ3v) is 3.57. The molecule has 3 nitrogen and oxygen atoms in total. The van der Waals surface area contributed by atoms with Gasteiger partial charge in [0.05, 0.1) is 11.1 Å². The van der Waals surface area contributed by atoms with Gasteiger partial charge in [-0.1, -0.05) is 0 Å². The van der Waals surface area contributed by atoms with Gasteiger partial charge in [0.2, 0.25) is 0 Å². The van der Waals surface area contributed by atoms with Gasteiger partial charge in [0.1, 0.15) is 5.39 Å². The quantitative estimate of drug-likeness (QED) is 0.405. The van der Waals surface area contributed by atoms with Crippen LogP contribution in [0.25, 0.3) is 21.9 Å². The molecule has 23 heavy (non-hydrogen) atoms. The zero-order valence-corrected chi connectivity index (χ0v) is 12.7. The topological polar surface area (TPSA) is 53.3 Å². The van der Waals surface area contributed by atoms with Crippen molar-refractivity contribution >= 4 is 27.6 Å². The van der Waals surface area contributed by atoms with E-state index in [2.05, 4.69) is 0 Å². The van der Waals surface area contributed by atoms with Crippen molar-refractivity contribution in [1.82, 2.24) is 0 Å². The van der Waals surface area contributed by atoms with Gasteiger partial charge in [0.15, 0.2) is 6.67 Å². The smallest absolute Gasteiger partial charge is 0.362 e. The van der Waals surface area contributed by atoms with Crippen molar-refractivity contribution in [3.05, 3.63) is 47.5 Å². The molecule has 2 aromatic carbocycles. The third-order valence-electron chi connectivity index (χ3n) is 3.57. The second kappa shape index (κ2) is 6.04. The molecule has 0 aliphatic heterocycles. The molecule has 0 saturated carbocycles. The Bertz CT molecular complexity index is 865. The predicted molar refractivity (Wildman–Crippen MR) is 84.1 cm³/mol. The van der Waals surface area contributed by atoms with Crippen LogP contribution < -0.4 is 5.32 Å². The van der Waals surface area contributed by atoms with Gasteiger partial charge in [-0.2, -0.15) is 8.78 Å². The van der Waals surface area contributed by atoms with E-state index in [0.29, 0.717) is 22.1 Å². The Morgan fingerprint density at radius 3 is 2.43 bits per heavy atom. The first-order chi connectivity index (χ1) is 10.4. The zero-order chi connectivity index (χ0) is 15.9. The van der Waals surface area contributed by atoms with Crippen LogP contribution in [0.5, 0.6) is 0 Å². The third kappa shape index (κ3) is 3.22. The first-order valence-corrected chi connectivity index (χ1v) is 6.88. The van der Waals surface area contributed by atoms with Crippen molar-refractivity contribution in [2.45, 2.75) is 19.9 Å². The van der Waals surface area contributed by atoms with Gasteiger partial charge in [-0.15, -0.1) is 0 Å². The molecular weight excluding hydrogens is 307 g/mol. The Balaban J connectivity index is 0.00000192. The maximum atomic E-state index is 13.4. The van der Waals surface area contributed by atoms with Crippen LogP contribution in [-0.4, -0.2) is 18.2 Å². The minimum Gasteiger partial charge on any atom is -0.870 e. The van der Waals surface area contributed by atoms with E-state index >= 15 is 0 Å². The van der Waals surface area contributed by atoms with Gasteiger partial charge in [-0.3, -0.25) is 0 Å². The summed E-state index contributed by atoms with van der Waals surface area (Å²) in [5.74, 6) is 0. The van der Waals surface area contributed by atoms with Crippen LogP contribution in [-0.2, 0) is 0 Å². The molecule has 1 aromatic heterocycles. The highest BCUT2D eigenvalue weighted by Gasteiger charge is 2.31. The van der Waals surface area contributed by atoms with Gasteiger partial charge in [0, 0.05) is 12.1 Å². The lowest BCUT2D eigenvalue weighted by Gasteiger charge is -2.17. The van der Waals surface area contributed by atoms with Gasteiger partial charge in [-0.05, 0) is 49.2 Å². The van der Waals surface area contributed by atoms with E-state index in [-0.39, 0.29) is 11.2 Å². The van der Waals surface area contributed by atoms with Crippen molar-refractivity contribution in [2.75, 3.05) is 12.0 Å². The minimum absolute atomic E-state index is 0. The molecule has 0 amide bonds. The van der Waals surface area contributed by atoms with Crippen LogP contribution in [0.3, 0.4) is 0 Å². The number of rotatable bonds is 3. The summed E-state index contributed by atoms with van der Waals surface area (Å²) in [5, 5.41) is 3.31. The first-order valence-electron chi connectivity index (χ1n) is 6.88. The van der Waals surface area contributed by atoms with Crippen molar-refractivity contribution in [3.8, 4) is 0 Å². The molecule has 1 heterocycles. The van der Waals surface area contributed by atoms with Crippen molar-refractivity contribution < 1.29 is 23.1 Å². The Morgan fingerprint density at radius 2 is 1.74 bits per heavy atom. The predicted octanol–water partition coefficient (Wildman–Crippen LogP) is 5.28. The van der Waals surface area contributed by atoms with Gasteiger partial charge in [-0.25, -0.2) is 8.81 Å². The summed E-state index contributed by atoms with van der Waals surface area (Å²) in [7, 11) is 0. The lowest BCUT2D eigenvalue weighted by molar-refractivity contribution is 0.00691.